The molecule has 54 heavy (non-hydrogen) atoms. The van der Waals surface area contributed by atoms with Crippen LogP contribution in [0.15, 0.2) is 36.4 Å². The number of rotatable bonds is 29. The molecule has 3 rings (SSSR count). The average Bonchev–Trinajstić information content (AvgIpc) is 3.40. The lowest BCUT2D eigenvalue weighted by molar-refractivity contribution is -0.0189. The zero-order valence-corrected chi connectivity index (χ0v) is 32.2. The number of amides is 4. The molecule has 4 amide bonds. The van der Waals surface area contributed by atoms with Crippen molar-refractivity contribution >= 4 is 33.4 Å². The van der Waals surface area contributed by atoms with Gasteiger partial charge in [-0.15, -0.1) is 0 Å². The van der Waals surface area contributed by atoms with Gasteiger partial charge in [0.1, 0.15) is 9.84 Å². The summed E-state index contributed by atoms with van der Waals surface area (Å²) in [5.74, 6) is -1.22. The van der Waals surface area contributed by atoms with E-state index < -0.39 is 39.5 Å². The van der Waals surface area contributed by atoms with Crippen LogP contribution in [-0.2, 0) is 43.0 Å². The van der Waals surface area contributed by atoms with Crippen molar-refractivity contribution in [3.05, 3.63) is 53.1 Å². The molecule has 17 nitrogen and oxygen atoms in total. The van der Waals surface area contributed by atoms with E-state index in [-0.39, 0.29) is 30.0 Å². The first-order chi connectivity index (χ1) is 26.1. The van der Waals surface area contributed by atoms with Crippen molar-refractivity contribution in [2.45, 2.75) is 13.0 Å². The summed E-state index contributed by atoms with van der Waals surface area (Å²) in [7, 11) is -0.593. The zero-order chi connectivity index (χ0) is 39.2. The molecule has 0 aliphatic carbocycles. The molecule has 1 aliphatic heterocycles. The number of nitrogens with zero attached hydrogens (tertiary/aromatic N) is 1. The third-order valence-corrected chi connectivity index (χ3v) is 8.58. The fourth-order valence-corrected chi connectivity index (χ4v) is 6.13. The zero-order valence-electron chi connectivity index (χ0n) is 31.4. The average molecular weight is 784 g/mol. The number of carbonyl (C=O) groups is 3. The number of fused-ring (bicyclic) bond motifs is 1. The maximum Gasteiger partial charge on any atom is 0.319 e. The number of carbonyl (C=O) groups excluding carboxylic acids is 3. The van der Waals surface area contributed by atoms with Gasteiger partial charge in [-0.1, -0.05) is 12.1 Å². The molecule has 1 unspecified atom stereocenters. The number of hydrogen-bond donors (Lipinski definition) is 2. The Morgan fingerprint density at radius 2 is 1.30 bits per heavy atom. The van der Waals surface area contributed by atoms with Crippen LogP contribution in [0.2, 0.25) is 0 Å². The van der Waals surface area contributed by atoms with E-state index in [0.29, 0.717) is 103 Å². The lowest BCUT2D eigenvalue weighted by Crippen LogP contribution is -2.38. The highest BCUT2D eigenvalue weighted by Crippen LogP contribution is 2.38. The number of anilines is 1. The van der Waals surface area contributed by atoms with E-state index in [0.717, 1.165) is 11.2 Å². The Morgan fingerprint density at radius 1 is 0.741 bits per heavy atom. The minimum absolute atomic E-state index is 0.0365. The monoisotopic (exact) mass is 783 g/mol. The lowest BCUT2D eigenvalue weighted by atomic mass is 10.1. The fourth-order valence-electron chi connectivity index (χ4n) is 5.21. The quantitative estimate of drug-likeness (QED) is 0.0902. The molecular weight excluding hydrogens is 730 g/mol. The predicted octanol–water partition coefficient (Wildman–Crippen LogP) is 2.34. The Bertz CT molecular complexity index is 1580. The first-order valence-electron chi connectivity index (χ1n) is 17.6. The van der Waals surface area contributed by atoms with E-state index in [2.05, 4.69) is 10.6 Å². The maximum absolute atomic E-state index is 13.8. The van der Waals surface area contributed by atoms with Crippen molar-refractivity contribution in [1.29, 1.82) is 0 Å². The van der Waals surface area contributed by atoms with E-state index in [1.807, 2.05) is 0 Å². The van der Waals surface area contributed by atoms with Crippen LogP contribution in [0.4, 0.5) is 10.5 Å². The molecule has 0 spiro atoms. The summed E-state index contributed by atoms with van der Waals surface area (Å²) in [6, 6.07) is 7.40. The number of methoxy groups -OCH3 is 2. The van der Waals surface area contributed by atoms with Gasteiger partial charge in [0.2, 0.25) is 0 Å². The highest BCUT2D eigenvalue weighted by molar-refractivity contribution is 7.90. The SMILES string of the molecule is CCOc1cc(C(CS(C)(=O)=O)N2C(=O)c3cccc(NC(=O)NCCOCCOCCOCCOCCOCCOCCOC)c3C2=O)ccc1OC. The molecule has 0 saturated carbocycles. The van der Waals surface area contributed by atoms with Gasteiger partial charge in [0.05, 0.1) is 128 Å². The second-order valence-corrected chi connectivity index (χ2v) is 13.9. The standard InChI is InChI=1S/C36H53N3O14S/c1-5-53-32-25-27(9-10-31(32)46-3)30(26-54(4,43)44)39-34(40)28-7-6-8-29(33(28)35(39)41)38-36(42)37-11-12-47-15-16-49-19-20-51-23-24-52-22-21-50-18-17-48-14-13-45-2/h6-10,25,30H,5,11-24,26H2,1-4H3,(H2,37,38,42). The Balaban J connectivity index is 1.36. The smallest absolute Gasteiger partial charge is 0.319 e. The van der Waals surface area contributed by atoms with Crippen LogP contribution in [0.5, 0.6) is 11.5 Å². The highest BCUT2D eigenvalue weighted by Gasteiger charge is 2.43. The summed E-state index contributed by atoms with van der Waals surface area (Å²) in [6.45, 7) is 7.84. The summed E-state index contributed by atoms with van der Waals surface area (Å²) >= 11 is 0. The summed E-state index contributed by atoms with van der Waals surface area (Å²) in [5.41, 5.74) is 0.456. The molecule has 302 valence electrons. The van der Waals surface area contributed by atoms with Gasteiger partial charge < -0.3 is 53.3 Å². The highest BCUT2D eigenvalue weighted by atomic mass is 32.2. The first-order valence-corrected chi connectivity index (χ1v) is 19.7. The van der Waals surface area contributed by atoms with Gasteiger partial charge in [0, 0.05) is 19.9 Å². The van der Waals surface area contributed by atoms with Crippen molar-refractivity contribution in [3.8, 4) is 11.5 Å². The van der Waals surface area contributed by atoms with Gasteiger partial charge >= 0.3 is 6.03 Å². The largest absolute Gasteiger partial charge is 0.493 e. The van der Waals surface area contributed by atoms with E-state index in [1.165, 1.54) is 25.3 Å². The summed E-state index contributed by atoms with van der Waals surface area (Å²) in [5, 5.41) is 5.27. The molecule has 2 aromatic carbocycles. The molecule has 2 aromatic rings. The summed E-state index contributed by atoms with van der Waals surface area (Å²) in [4.78, 5) is 41.1. The number of urea groups is 1. The third kappa shape index (κ3) is 15.1. The molecule has 0 radical (unpaired) electrons. The molecule has 0 aromatic heterocycles. The van der Waals surface area contributed by atoms with Crippen LogP contribution in [0.25, 0.3) is 0 Å². The summed E-state index contributed by atoms with van der Waals surface area (Å²) in [6.07, 6.45) is 1.03. The van der Waals surface area contributed by atoms with E-state index in [1.54, 1.807) is 32.2 Å². The molecule has 0 bridgehead atoms. The minimum Gasteiger partial charge on any atom is -0.493 e. The van der Waals surface area contributed by atoms with Crippen molar-refractivity contribution in [3.63, 3.8) is 0 Å². The van der Waals surface area contributed by atoms with E-state index in [9.17, 15) is 22.8 Å². The number of benzene rings is 2. The van der Waals surface area contributed by atoms with Gasteiger partial charge in [0.15, 0.2) is 11.5 Å². The molecule has 2 N–H and O–H groups in total. The predicted molar refractivity (Wildman–Crippen MR) is 197 cm³/mol. The minimum atomic E-state index is -3.68. The van der Waals surface area contributed by atoms with E-state index >= 15 is 0 Å². The second-order valence-electron chi connectivity index (χ2n) is 11.7. The van der Waals surface area contributed by atoms with Gasteiger partial charge in [-0.2, -0.15) is 0 Å². The topological polar surface area (TPSA) is 196 Å². The van der Waals surface area contributed by atoms with Gasteiger partial charge in [-0.3, -0.25) is 14.5 Å². The van der Waals surface area contributed by atoms with Crippen LogP contribution >= 0.6 is 0 Å². The molecule has 1 atom stereocenters. The van der Waals surface area contributed by atoms with Crippen LogP contribution in [0, 0.1) is 0 Å². The van der Waals surface area contributed by atoms with Gasteiger partial charge in [-0.25, -0.2) is 13.2 Å². The number of sulfone groups is 1. The van der Waals surface area contributed by atoms with Crippen LogP contribution in [0.1, 0.15) is 39.2 Å². The first kappa shape index (κ1) is 44.5. The van der Waals surface area contributed by atoms with Gasteiger partial charge in [-0.05, 0) is 36.8 Å². The third-order valence-electron chi connectivity index (χ3n) is 7.66. The van der Waals surface area contributed by atoms with Crippen molar-refractivity contribution in [2.75, 3.05) is 131 Å². The second kappa shape index (κ2) is 24.5. The molecule has 0 saturated heterocycles. The van der Waals surface area contributed by atoms with Crippen LogP contribution in [-0.4, -0.2) is 156 Å². The van der Waals surface area contributed by atoms with Crippen LogP contribution in [0.3, 0.4) is 0 Å². The molecule has 0 fully saturated rings. The molecular formula is C36H53N3O14S. The number of hydrogen-bond acceptors (Lipinski definition) is 14. The Hall–Kier alpha value is -3.88. The van der Waals surface area contributed by atoms with Crippen molar-refractivity contribution in [1.82, 2.24) is 10.2 Å². The number of nitrogens with one attached hydrogen (secondary N) is 2. The Labute approximate surface area is 316 Å². The van der Waals surface area contributed by atoms with E-state index in [4.69, 9.17) is 42.6 Å². The van der Waals surface area contributed by atoms with Crippen molar-refractivity contribution < 1.29 is 65.4 Å². The van der Waals surface area contributed by atoms with Crippen LogP contribution < -0.4 is 20.1 Å². The normalized spacial score (nSPS) is 13.2. The molecule has 1 heterocycles. The Morgan fingerprint density at radius 3 is 1.81 bits per heavy atom. The molecule has 1 aliphatic rings. The summed E-state index contributed by atoms with van der Waals surface area (Å²) < 4.78 is 73.5. The fraction of sp³-hybridized carbons (Fsp3) is 0.583. The van der Waals surface area contributed by atoms with Crippen molar-refractivity contribution in [2.24, 2.45) is 0 Å². The van der Waals surface area contributed by atoms with Gasteiger partial charge in [0.25, 0.3) is 11.8 Å². The number of ether oxygens (including phenoxy) is 9. The lowest BCUT2D eigenvalue weighted by Gasteiger charge is -2.27. The molecule has 18 heteroatoms. The maximum atomic E-state index is 13.8. The Kier molecular flexibility index (Phi) is 20.2. The number of imide groups is 1.